The van der Waals surface area contributed by atoms with E-state index in [9.17, 15) is 4.79 Å². The molecule has 18 heavy (non-hydrogen) atoms. The van der Waals surface area contributed by atoms with Gasteiger partial charge in [-0.3, -0.25) is 4.79 Å². The number of aromatic nitrogens is 1. The van der Waals surface area contributed by atoms with E-state index in [1.54, 1.807) is 6.07 Å². The van der Waals surface area contributed by atoms with Gasteiger partial charge >= 0.3 is 5.97 Å². The highest BCUT2D eigenvalue weighted by molar-refractivity contribution is 6.32. The first-order chi connectivity index (χ1) is 8.59. The molecule has 0 aliphatic rings. The number of hydrogen-bond acceptors (Lipinski definition) is 2. The van der Waals surface area contributed by atoms with Crippen LogP contribution in [0.5, 0.6) is 0 Å². The minimum Gasteiger partial charge on any atom is -0.480 e. The van der Waals surface area contributed by atoms with Crippen molar-refractivity contribution in [3.05, 3.63) is 53.3 Å². The third-order valence-electron chi connectivity index (χ3n) is 2.69. The molecular formula is C13H13ClN2O2. The average Bonchev–Trinajstić information content (AvgIpc) is 2.77. The van der Waals surface area contributed by atoms with Gasteiger partial charge in [0.15, 0.2) is 0 Å². The highest BCUT2D eigenvalue weighted by atomic mass is 35.5. The van der Waals surface area contributed by atoms with Gasteiger partial charge in [-0.1, -0.05) is 23.7 Å². The Hall–Kier alpha value is -1.78. The number of aliphatic carboxylic acids is 1. The number of carbonyl (C=O) groups is 1. The van der Waals surface area contributed by atoms with Crippen molar-refractivity contribution in [1.82, 2.24) is 4.57 Å². The van der Waals surface area contributed by atoms with Crippen molar-refractivity contribution in [3.8, 4) is 5.69 Å². The van der Waals surface area contributed by atoms with Crippen LogP contribution >= 0.6 is 11.6 Å². The predicted molar refractivity (Wildman–Crippen MR) is 70.1 cm³/mol. The van der Waals surface area contributed by atoms with Crippen LogP contribution in [0, 0.1) is 0 Å². The number of rotatable bonds is 4. The van der Waals surface area contributed by atoms with E-state index in [-0.39, 0.29) is 6.42 Å². The molecule has 3 N–H and O–H groups in total. The Morgan fingerprint density at radius 2 is 2.06 bits per heavy atom. The maximum Gasteiger partial charge on any atom is 0.320 e. The highest BCUT2D eigenvalue weighted by Gasteiger charge is 2.15. The summed E-state index contributed by atoms with van der Waals surface area (Å²) in [5, 5.41) is 9.45. The molecule has 0 saturated carbocycles. The van der Waals surface area contributed by atoms with Crippen LogP contribution in [0.3, 0.4) is 0 Å². The molecular weight excluding hydrogens is 252 g/mol. The van der Waals surface area contributed by atoms with Gasteiger partial charge < -0.3 is 15.4 Å². The first-order valence-corrected chi connectivity index (χ1v) is 5.87. The molecule has 5 heteroatoms. The molecule has 0 fully saturated rings. The Kier molecular flexibility index (Phi) is 3.69. The zero-order valence-electron chi connectivity index (χ0n) is 9.58. The lowest BCUT2D eigenvalue weighted by Crippen LogP contribution is -2.32. The SMILES string of the molecule is NC(Cc1cccn1-c1ccccc1Cl)C(=O)O. The second-order valence-electron chi connectivity index (χ2n) is 3.97. The van der Waals surface area contributed by atoms with Gasteiger partial charge in [-0.25, -0.2) is 0 Å². The first kappa shape index (κ1) is 12.7. The Morgan fingerprint density at radius 1 is 1.33 bits per heavy atom. The van der Waals surface area contributed by atoms with E-state index >= 15 is 0 Å². The second kappa shape index (κ2) is 5.25. The number of hydrogen-bond donors (Lipinski definition) is 2. The molecule has 94 valence electrons. The van der Waals surface area contributed by atoms with Gasteiger partial charge in [0.25, 0.3) is 0 Å². The van der Waals surface area contributed by atoms with Gasteiger partial charge in [0.05, 0.1) is 10.7 Å². The minimum atomic E-state index is -1.01. The van der Waals surface area contributed by atoms with Crippen molar-refractivity contribution in [1.29, 1.82) is 0 Å². The predicted octanol–water partition coefficient (Wildman–Crippen LogP) is 2.09. The molecule has 0 aliphatic carbocycles. The smallest absolute Gasteiger partial charge is 0.320 e. The Bertz CT molecular complexity index is 566. The fraction of sp³-hybridized carbons (Fsp3) is 0.154. The zero-order valence-corrected chi connectivity index (χ0v) is 10.3. The van der Waals surface area contributed by atoms with Crippen LogP contribution in [-0.2, 0) is 11.2 Å². The number of benzene rings is 1. The van der Waals surface area contributed by atoms with Gasteiger partial charge in [0.2, 0.25) is 0 Å². The summed E-state index contributed by atoms with van der Waals surface area (Å²) in [7, 11) is 0. The Labute approximate surface area is 110 Å². The summed E-state index contributed by atoms with van der Waals surface area (Å²) >= 11 is 6.12. The Morgan fingerprint density at radius 3 is 2.72 bits per heavy atom. The van der Waals surface area contributed by atoms with Crippen LogP contribution < -0.4 is 5.73 Å². The summed E-state index contributed by atoms with van der Waals surface area (Å²) in [6.07, 6.45) is 2.10. The third kappa shape index (κ3) is 2.55. The van der Waals surface area contributed by atoms with E-state index in [0.717, 1.165) is 11.4 Å². The summed E-state index contributed by atoms with van der Waals surface area (Å²) in [5.74, 6) is -1.01. The maximum absolute atomic E-state index is 10.8. The van der Waals surface area contributed by atoms with Crippen LogP contribution in [0.25, 0.3) is 5.69 Å². The second-order valence-corrected chi connectivity index (χ2v) is 4.38. The van der Waals surface area contributed by atoms with Crippen molar-refractivity contribution in [2.24, 2.45) is 5.73 Å². The van der Waals surface area contributed by atoms with Gasteiger partial charge in [-0.2, -0.15) is 0 Å². The number of carboxylic acid groups (broad SMARTS) is 1. The topological polar surface area (TPSA) is 68.2 Å². The van der Waals surface area contributed by atoms with E-state index in [1.165, 1.54) is 0 Å². The van der Waals surface area contributed by atoms with Crippen molar-refractivity contribution < 1.29 is 9.90 Å². The number of carboxylic acids is 1. The third-order valence-corrected chi connectivity index (χ3v) is 3.01. The molecule has 0 radical (unpaired) electrons. The van der Waals surface area contributed by atoms with Crippen LogP contribution in [-0.4, -0.2) is 21.7 Å². The zero-order chi connectivity index (χ0) is 13.1. The lowest BCUT2D eigenvalue weighted by Gasteiger charge is -2.12. The van der Waals surface area contributed by atoms with E-state index in [0.29, 0.717) is 5.02 Å². The van der Waals surface area contributed by atoms with Gasteiger partial charge in [-0.15, -0.1) is 0 Å². The number of nitrogens with two attached hydrogens (primary N) is 1. The lowest BCUT2D eigenvalue weighted by atomic mass is 10.1. The molecule has 0 saturated heterocycles. The minimum absolute atomic E-state index is 0.257. The van der Waals surface area contributed by atoms with Crippen molar-refractivity contribution >= 4 is 17.6 Å². The van der Waals surface area contributed by atoms with Crippen LogP contribution in [0.4, 0.5) is 0 Å². The largest absolute Gasteiger partial charge is 0.480 e. The molecule has 0 aliphatic heterocycles. The average molecular weight is 265 g/mol. The van der Waals surface area contributed by atoms with E-state index in [2.05, 4.69) is 0 Å². The summed E-state index contributed by atoms with van der Waals surface area (Å²) in [5.41, 5.74) is 7.18. The summed E-state index contributed by atoms with van der Waals surface area (Å²) in [6, 6.07) is 10.1. The van der Waals surface area contributed by atoms with Gasteiger partial charge in [0, 0.05) is 18.3 Å². The van der Waals surface area contributed by atoms with Crippen molar-refractivity contribution in [2.75, 3.05) is 0 Å². The fourth-order valence-electron chi connectivity index (χ4n) is 1.78. The number of para-hydroxylation sites is 1. The van der Waals surface area contributed by atoms with E-state index < -0.39 is 12.0 Å². The molecule has 4 nitrogen and oxygen atoms in total. The molecule has 1 atom stereocenters. The number of nitrogens with zero attached hydrogens (tertiary/aromatic N) is 1. The van der Waals surface area contributed by atoms with E-state index in [4.69, 9.17) is 22.4 Å². The Balaban J connectivity index is 2.34. The van der Waals surface area contributed by atoms with Crippen molar-refractivity contribution in [3.63, 3.8) is 0 Å². The molecule has 1 aromatic heterocycles. The normalized spacial score (nSPS) is 12.3. The molecule has 2 aromatic rings. The summed E-state index contributed by atoms with van der Waals surface area (Å²) in [6.45, 7) is 0. The van der Waals surface area contributed by atoms with E-state index in [1.807, 2.05) is 41.1 Å². The quantitative estimate of drug-likeness (QED) is 0.888. The molecule has 0 bridgehead atoms. The first-order valence-electron chi connectivity index (χ1n) is 5.49. The lowest BCUT2D eigenvalue weighted by molar-refractivity contribution is -0.138. The summed E-state index contributed by atoms with van der Waals surface area (Å²) < 4.78 is 1.85. The number of halogens is 1. The highest BCUT2D eigenvalue weighted by Crippen LogP contribution is 2.22. The molecule has 0 spiro atoms. The fourth-order valence-corrected chi connectivity index (χ4v) is 2.00. The van der Waals surface area contributed by atoms with Crippen LogP contribution in [0.1, 0.15) is 5.69 Å². The molecule has 1 aromatic carbocycles. The molecule has 1 heterocycles. The molecule has 2 rings (SSSR count). The monoisotopic (exact) mass is 264 g/mol. The van der Waals surface area contributed by atoms with Gasteiger partial charge in [-0.05, 0) is 24.3 Å². The van der Waals surface area contributed by atoms with Crippen LogP contribution in [0.2, 0.25) is 5.02 Å². The van der Waals surface area contributed by atoms with Gasteiger partial charge in [0.1, 0.15) is 6.04 Å². The van der Waals surface area contributed by atoms with Crippen LogP contribution in [0.15, 0.2) is 42.6 Å². The molecule has 1 unspecified atom stereocenters. The van der Waals surface area contributed by atoms with Crippen molar-refractivity contribution in [2.45, 2.75) is 12.5 Å². The maximum atomic E-state index is 10.8. The standard InChI is InChI=1S/C13H13ClN2O2/c14-10-5-1-2-6-12(10)16-7-3-4-9(16)8-11(15)13(17)18/h1-7,11H,8,15H2,(H,17,18). The summed E-state index contributed by atoms with van der Waals surface area (Å²) in [4.78, 5) is 10.8. The molecule has 0 amide bonds.